The zero-order valence-corrected chi connectivity index (χ0v) is 40.9. The van der Waals surface area contributed by atoms with Crippen LogP contribution in [0.15, 0.2) is 104 Å². The van der Waals surface area contributed by atoms with Crippen molar-refractivity contribution in [1.82, 2.24) is 43.7 Å². The van der Waals surface area contributed by atoms with Crippen molar-refractivity contribution in [1.29, 1.82) is 0 Å². The molecule has 7 aromatic rings. The Bertz CT molecular complexity index is 2930. The van der Waals surface area contributed by atoms with E-state index in [-0.39, 0.29) is 43.1 Å². The molecule has 0 bridgehead atoms. The monoisotopic (exact) mass is 991 g/mol. The molecular formula is C49H58N11O10P. The molecule has 0 amide bonds. The molecule has 0 spiro atoms. The minimum absolute atomic E-state index is 0.0702. The van der Waals surface area contributed by atoms with Gasteiger partial charge >= 0.3 is 7.75 Å². The summed E-state index contributed by atoms with van der Waals surface area (Å²) >= 11 is 0. The minimum Gasteiger partial charge on any atom is -0.497 e. The van der Waals surface area contributed by atoms with Crippen LogP contribution in [0.25, 0.3) is 22.3 Å². The minimum atomic E-state index is -4.29. The third-order valence-corrected chi connectivity index (χ3v) is 15.7. The van der Waals surface area contributed by atoms with E-state index in [2.05, 4.69) is 43.8 Å². The fourth-order valence-electron chi connectivity index (χ4n) is 10.2. The predicted molar refractivity (Wildman–Crippen MR) is 260 cm³/mol. The van der Waals surface area contributed by atoms with Crippen molar-refractivity contribution in [3.8, 4) is 11.5 Å². The highest BCUT2D eigenvalue weighted by molar-refractivity contribution is 7.51. The smallest absolute Gasteiger partial charge is 0.408 e. The third-order valence-electron chi connectivity index (χ3n) is 13.6. The normalized spacial score (nSPS) is 26.0. The van der Waals surface area contributed by atoms with Crippen LogP contribution in [0.3, 0.4) is 0 Å². The van der Waals surface area contributed by atoms with Gasteiger partial charge in [-0.1, -0.05) is 68.4 Å². The van der Waals surface area contributed by atoms with Crippen LogP contribution >= 0.6 is 7.75 Å². The molecule has 21 nitrogen and oxygen atoms in total. The summed E-state index contributed by atoms with van der Waals surface area (Å²) < 4.78 is 72.6. The zero-order chi connectivity index (χ0) is 49.4. The molecule has 5 N–H and O–H groups in total. The topological polar surface area (TPSA) is 254 Å². The average molecular weight is 992 g/mol. The van der Waals surface area contributed by atoms with E-state index in [1.54, 1.807) is 34.4 Å². The molecule has 4 aromatic heterocycles. The molecular weight excluding hydrogens is 934 g/mol. The van der Waals surface area contributed by atoms with Crippen molar-refractivity contribution in [3.05, 3.63) is 121 Å². The van der Waals surface area contributed by atoms with Gasteiger partial charge in [-0.05, 0) is 59.2 Å². The summed E-state index contributed by atoms with van der Waals surface area (Å²) in [5, 5.41) is 11.8. The number of aliphatic hydroxyl groups is 1. The Morgan fingerprint density at radius 1 is 0.704 bits per heavy atom. The molecule has 7 heterocycles. The molecule has 0 saturated carbocycles. The van der Waals surface area contributed by atoms with Gasteiger partial charge in [0.25, 0.3) is 0 Å². The molecule has 71 heavy (non-hydrogen) atoms. The molecule has 3 aromatic carbocycles. The van der Waals surface area contributed by atoms with Crippen LogP contribution in [0.2, 0.25) is 0 Å². The van der Waals surface area contributed by atoms with Gasteiger partial charge in [0.2, 0.25) is 0 Å². The van der Waals surface area contributed by atoms with Crippen molar-refractivity contribution in [2.45, 2.75) is 75.3 Å². The lowest BCUT2D eigenvalue weighted by molar-refractivity contribution is -0.0937. The molecule has 3 aliphatic heterocycles. The van der Waals surface area contributed by atoms with Gasteiger partial charge in [-0.2, -0.15) is 0 Å². The molecule has 0 radical (unpaired) electrons. The Hall–Kier alpha value is -6.13. The third kappa shape index (κ3) is 9.22. The van der Waals surface area contributed by atoms with Crippen LogP contribution in [0, 0.1) is 11.8 Å². The summed E-state index contributed by atoms with van der Waals surface area (Å²) in [5.74, 6) is 2.08. The molecule has 10 atom stereocenters. The number of methoxy groups -OCH3 is 3. The van der Waals surface area contributed by atoms with E-state index >= 15 is 4.57 Å². The summed E-state index contributed by atoms with van der Waals surface area (Å²) in [5.41, 5.74) is 15.2. The molecule has 3 aliphatic rings. The molecule has 3 unspecified atom stereocenters. The van der Waals surface area contributed by atoms with Gasteiger partial charge in [0.1, 0.15) is 77.5 Å². The largest absolute Gasteiger partial charge is 0.497 e. The molecule has 10 rings (SSSR count). The number of hydrogen-bond acceptors (Lipinski definition) is 18. The maximum atomic E-state index is 16.0. The van der Waals surface area contributed by atoms with Crippen LogP contribution < -0.4 is 20.9 Å². The molecule has 3 fully saturated rings. The number of benzene rings is 3. The second-order valence-electron chi connectivity index (χ2n) is 18.3. The van der Waals surface area contributed by atoms with Crippen molar-refractivity contribution in [3.63, 3.8) is 0 Å². The number of imidazole rings is 2. The zero-order valence-electron chi connectivity index (χ0n) is 40.0. The first kappa shape index (κ1) is 48.5. The highest BCUT2D eigenvalue weighted by atomic mass is 31.2. The van der Waals surface area contributed by atoms with Crippen LogP contribution in [-0.2, 0) is 38.2 Å². The summed E-state index contributed by atoms with van der Waals surface area (Å²) in [7, 11) is 0.421. The van der Waals surface area contributed by atoms with Crippen LogP contribution in [0.4, 0.5) is 11.6 Å². The number of nitrogens with two attached hydrogens (primary N) is 2. The first-order valence-electron chi connectivity index (χ1n) is 23.5. The molecule has 3 saturated heterocycles. The molecule has 0 aliphatic carbocycles. The number of rotatable bonds is 17. The Morgan fingerprint density at radius 2 is 1.27 bits per heavy atom. The lowest BCUT2D eigenvalue weighted by Crippen LogP contribution is -2.41. The summed E-state index contributed by atoms with van der Waals surface area (Å²) in [6, 6.07) is 25.4. The number of nitrogens with zero attached hydrogens (tertiary/aromatic N) is 9. The van der Waals surface area contributed by atoms with Gasteiger partial charge in [-0.25, -0.2) is 39.1 Å². The van der Waals surface area contributed by atoms with Crippen LogP contribution in [0.1, 0.15) is 55.8 Å². The van der Waals surface area contributed by atoms with Gasteiger partial charge in [0.05, 0.1) is 40.1 Å². The molecule has 22 heteroatoms. The van der Waals surface area contributed by atoms with Gasteiger partial charge in [-0.15, -0.1) is 0 Å². The van der Waals surface area contributed by atoms with E-state index in [1.807, 2.05) is 78.9 Å². The lowest BCUT2D eigenvalue weighted by Gasteiger charge is -2.40. The van der Waals surface area contributed by atoms with Gasteiger partial charge < -0.3 is 45.0 Å². The molecule has 374 valence electrons. The number of nitrogen functional groups attached to an aromatic ring is 2. The number of fused-ring (bicyclic) bond motifs is 2. The Morgan fingerprint density at radius 3 is 1.85 bits per heavy atom. The Kier molecular flexibility index (Phi) is 13.8. The number of aliphatic hydroxyl groups excluding tert-OH is 1. The number of ether oxygens (including phenoxy) is 6. The lowest BCUT2D eigenvalue weighted by atomic mass is 9.80. The van der Waals surface area contributed by atoms with Crippen molar-refractivity contribution >= 4 is 41.7 Å². The first-order chi connectivity index (χ1) is 34.4. The maximum Gasteiger partial charge on any atom is 0.408 e. The second-order valence-corrected chi connectivity index (χ2v) is 20.3. The Balaban J connectivity index is 1.01. The highest BCUT2D eigenvalue weighted by Crippen LogP contribution is 2.58. The van der Waals surface area contributed by atoms with E-state index in [9.17, 15) is 5.11 Å². The number of anilines is 2. The van der Waals surface area contributed by atoms with E-state index < -0.39 is 56.3 Å². The number of hydrogen-bond donors (Lipinski definition) is 3. The quantitative estimate of drug-likeness (QED) is 0.0708. The second kappa shape index (κ2) is 20.2. The van der Waals surface area contributed by atoms with Crippen LogP contribution in [-0.4, -0.2) is 127 Å². The van der Waals surface area contributed by atoms with E-state index in [4.69, 9.17) is 48.9 Å². The van der Waals surface area contributed by atoms with Crippen molar-refractivity contribution in [2.75, 3.05) is 59.1 Å². The van der Waals surface area contributed by atoms with E-state index in [1.165, 1.54) is 26.1 Å². The predicted octanol–water partition coefficient (Wildman–Crippen LogP) is 5.91. The standard InChI is InChI=1S/C49H58N11O10P/c1-29-19-30(2)22-58(21-29)71(62,67-24-38-42(61)43(65-5)48(69-38)60-28-57-41-45(51)53-26-55-47(41)60)70-36-20-39(59-27-56-40-44(50)52-25-54-46(40)59)68-37(36)23-66-49(31-9-7-6-8-10-31,32-11-15-34(63-3)16-12-32)33-13-17-35(64-4)18-14-33/h6-18,25-30,36-39,42-43,48,61H,19-24H2,1-5H3,(H2,50,52,54)(H2,51,53,55)/t29?,30?,36-,37+,38+,39+,42+,43+,48+,71?/m0/s1. The van der Waals surface area contributed by atoms with Crippen molar-refractivity contribution < 1.29 is 47.1 Å². The van der Waals surface area contributed by atoms with Crippen molar-refractivity contribution in [2.24, 2.45) is 11.8 Å². The van der Waals surface area contributed by atoms with E-state index in [0.29, 0.717) is 46.9 Å². The fraction of sp³-hybridized carbons (Fsp3) is 0.429. The summed E-state index contributed by atoms with van der Waals surface area (Å²) in [6.45, 7) is 4.67. The van der Waals surface area contributed by atoms with Gasteiger partial charge in [-0.3, -0.25) is 18.2 Å². The van der Waals surface area contributed by atoms with Gasteiger partial charge in [0.15, 0.2) is 29.2 Å². The SMILES string of the molecule is COc1ccc(C(OC[C@H]2O[C@@H](n3cnc4c(N)ncnc43)C[C@@H]2OP(=O)(OC[C@H]2O[C@@H](n3cnc4c(N)ncnc43)[C@H](OC)[C@@H]2O)N2CC(C)CC(C)C2)(c2ccccc2)c2ccc(OC)cc2)cc1. The number of piperidine rings is 1. The van der Waals surface area contributed by atoms with Gasteiger partial charge in [0, 0.05) is 26.6 Å². The fourth-order valence-corrected chi connectivity index (χ4v) is 12.4. The summed E-state index contributed by atoms with van der Waals surface area (Å²) in [4.78, 5) is 26.0. The summed E-state index contributed by atoms with van der Waals surface area (Å²) in [6.07, 6.45) is 0.355. The maximum absolute atomic E-state index is 16.0. The first-order valence-corrected chi connectivity index (χ1v) is 25.0. The average Bonchev–Trinajstić information content (AvgIpc) is 4.19. The van der Waals surface area contributed by atoms with E-state index in [0.717, 1.165) is 23.1 Å². The van der Waals surface area contributed by atoms with Crippen LogP contribution in [0.5, 0.6) is 11.5 Å². The Labute approximate surface area is 409 Å². The highest BCUT2D eigenvalue weighted by Gasteiger charge is 2.51. The number of aromatic nitrogens is 8.